The lowest BCUT2D eigenvalue weighted by Crippen LogP contribution is -1.95. The van der Waals surface area contributed by atoms with Gasteiger partial charge in [-0.25, -0.2) is 0 Å². The van der Waals surface area contributed by atoms with E-state index in [1.165, 1.54) is 25.1 Å². The molecule has 1 aromatic carbocycles. The van der Waals surface area contributed by atoms with Gasteiger partial charge in [-0.3, -0.25) is 4.79 Å². The third-order valence-electron chi connectivity index (χ3n) is 1.34. The van der Waals surface area contributed by atoms with Gasteiger partial charge in [0.2, 0.25) is 0 Å². The molecule has 0 aliphatic heterocycles. The van der Waals surface area contributed by atoms with Crippen molar-refractivity contribution in [2.24, 2.45) is 0 Å². The van der Waals surface area contributed by atoms with Crippen molar-refractivity contribution in [1.29, 1.82) is 0 Å². The van der Waals surface area contributed by atoms with E-state index in [9.17, 15) is 9.90 Å². The Morgan fingerprint density at radius 3 is 2.64 bits per heavy atom. The number of hydrogen-bond acceptors (Lipinski definition) is 2. The first-order valence-corrected chi connectivity index (χ1v) is 3.46. The first-order chi connectivity index (χ1) is 5.11. The Morgan fingerprint density at radius 1 is 1.55 bits per heavy atom. The Bertz CT molecular complexity index is 294. The van der Waals surface area contributed by atoms with Gasteiger partial charge in [0.05, 0.1) is 0 Å². The van der Waals surface area contributed by atoms with Crippen LogP contribution < -0.4 is 5.11 Å². The highest BCUT2D eigenvalue weighted by atomic mass is 35.5. The maximum Gasteiger partial charge on any atom is 0.159 e. The molecule has 0 fully saturated rings. The Balaban J connectivity index is 3.15. The number of ketones is 1. The van der Waals surface area contributed by atoms with Crippen molar-refractivity contribution in [3.05, 3.63) is 28.8 Å². The summed E-state index contributed by atoms with van der Waals surface area (Å²) in [5.74, 6) is -0.344. The number of hydrogen-bond donors (Lipinski definition) is 0. The largest absolute Gasteiger partial charge is 0.871 e. The maximum absolute atomic E-state index is 10.8. The van der Waals surface area contributed by atoms with Gasteiger partial charge in [-0.2, -0.15) is 0 Å². The summed E-state index contributed by atoms with van der Waals surface area (Å²) in [6.45, 7) is 1.43. The van der Waals surface area contributed by atoms with Gasteiger partial charge in [0.25, 0.3) is 0 Å². The van der Waals surface area contributed by atoms with Crippen molar-refractivity contribution in [1.82, 2.24) is 0 Å². The van der Waals surface area contributed by atoms with Crippen LogP contribution in [0.15, 0.2) is 18.2 Å². The first kappa shape index (κ1) is 8.08. The summed E-state index contributed by atoms with van der Waals surface area (Å²) in [5.41, 5.74) is 0.467. The second-order valence-electron chi connectivity index (χ2n) is 2.20. The van der Waals surface area contributed by atoms with E-state index in [0.717, 1.165) is 0 Å². The Kier molecular flexibility index (Phi) is 2.15. The van der Waals surface area contributed by atoms with Crippen molar-refractivity contribution in [3.8, 4) is 5.75 Å². The Hall–Kier alpha value is -1.02. The predicted molar refractivity (Wildman–Crippen MR) is 40.9 cm³/mol. The number of rotatable bonds is 1. The lowest BCUT2D eigenvalue weighted by atomic mass is 10.1. The molecular weight excluding hydrogens is 164 g/mol. The standard InChI is InChI=1S/C8H7ClO2/c1-5(10)6-2-3-8(11)7(9)4-6/h2-4,11H,1H3/p-1. The van der Waals surface area contributed by atoms with E-state index in [2.05, 4.69) is 0 Å². The molecule has 0 radical (unpaired) electrons. The van der Waals surface area contributed by atoms with Crippen LogP contribution in [0.1, 0.15) is 17.3 Å². The van der Waals surface area contributed by atoms with Gasteiger partial charge < -0.3 is 5.11 Å². The summed E-state index contributed by atoms with van der Waals surface area (Å²) in [7, 11) is 0. The molecule has 0 aliphatic rings. The minimum absolute atomic E-state index is 0.0908. The minimum Gasteiger partial charge on any atom is -0.871 e. The van der Waals surface area contributed by atoms with E-state index in [4.69, 9.17) is 11.6 Å². The third kappa shape index (κ3) is 1.71. The lowest BCUT2D eigenvalue weighted by molar-refractivity contribution is -0.268. The van der Waals surface area contributed by atoms with Crippen LogP contribution in [0.3, 0.4) is 0 Å². The van der Waals surface area contributed by atoms with Crippen LogP contribution in [0, 0.1) is 0 Å². The van der Waals surface area contributed by atoms with E-state index in [1.54, 1.807) is 0 Å². The average Bonchev–Trinajstić information content (AvgIpc) is 1.94. The maximum atomic E-state index is 10.8. The average molecular weight is 170 g/mol. The highest BCUT2D eigenvalue weighted by molar-refractivity contribution is 6.32. The molecule has 0 amide bonds. The molecule has 0 spiro atoms. The van der Waals surface area contributed by atoms with Gasteiger partial charge in [0.15, 0.2) is 5.78 Å². The monoisotopic (exact) mass is 169 g/mol. The zero-order chi connectivity index (χ0) is 8.43. The van der Waals surface area contributed by atoms with Crippen LogP contribution in [0.2, 0.25) is 5.02 Å². The number of halogens is 1. The number of Topliss-reactive ketones (excluding diaryl/α,β-unsaturated/α-hetero) is 1. The summed E-state index contributed by atoms with van der Waals surface area (Å²) in [5, 5.41) is 10.8. The second kappa shape index (κ2) is 2.93. The molecule has 0 saturated heterocycles. The number of carbonyl (C=O) groups excluding carboxylic acids is 1. The molecular formula is C8H6ClO2-. The molecule has 2 nitrogen and oxygen atoms in total. The van der Waals surface area contributed by atoms with Gasteiger partial charge in [-0.1, -0.05) is 29.5 Å². The summed E-state index contributed by atoms with van der Waals surface area (Å²) in [4.78, 5) is 10.7. The second-order valence-corrected chi connectivity index (χ2v) is 2.61. The third-order valence-corrected chi connectivity index (χ3v) is 1.63. The van der Waals surface area contributed by atoms with E-state index in [-0.39, 0.29) is 16.6 Å². The van der Waals surface area contributed by atoms with Crippen molar-refractivity contribution in [2.75, 3.05) is 0 Å². The van der Waals surface area contributed by atoms with Crippen LogP contribution in [0.25, 0.3) is 0 Å². The normalized spacial score (nSPS) is 9.64. The smallest absolute Gasteiger partial charge is 0.159 e. The molecule has 0 aromatic heterocycles. The lowest BCUT2D eigenvalue weighted by Gasteiger charge is -2.07. The number of benzene rings is 1. The van der Waals surface area contributed by atoms with Crippen molar-refractivity contribution < 1.29 is 9.90 Å². The number of carbonyl (C=O) groups is 1. The molecule has 0 bridgehead atoms. The van der Waals surface area contributed by atoms with Crippen LogP contribution in [-0.4, -0.2) is 5.78 Å². The fraction of sp³-hybridized carbons (Fsp3) is 0.125. The molecule has 0 unspecified atom stereocenters. The van der Waals surface area contributed by atoms with Crippen molar-refractivity contribution in [2.45, 2.75) is 6.92 Å². The highest BCUT2D eigenvalue weighted by Gasteiger charge is 1.98. The van der Waals surface area contributed by atoms with Gasteiger partial charge in [0.1, 0.15) is 0 Å². The van der Waals surface area contributed by atoms with Crippen LogP contribution in [-0.2, 0) is 0 Å². The van der Waals surface area contributed by atoms with Gasteiger partial charge >= 0.3 is 0 Å². The molecule has 0 saturated carbocycles. The molecule has 0 aliphatic carbocycles. The zero-order valence-electron chi connectivity index (χ0n) is 5.93. The van der Waals surface area contributed by atoms with E-state index >= 15 is 0 Å². The Labute approximate surface area is 69.4 Å². The summed E-state index contributed by atoms with van der Waals surface area (Å²) in [6.07, 6.45) is 0. The van der Waals surface area contributed by atoms with E-state index in [1.807, 2.05) is 0 Å². The van der Waals surface area contributed by atoms with Gasteiger partial charge in [0, 0.05) is 10.6 Å². The fourth-order valence-corrected chi connectivity index (χ4v) is 0.900. The van der Waals surface area contributed by atoms with Crippen LogP contribution in [0.4, 0.5) is 0 Å². The SMILES string of the molecule is CC(=O)c1ccc([O-])c(Cl)c1. The van der Waals surface area contributed by atoms with Crippen molar-refractivity contribution in [3.63, 3.8) is 0 Å². The first-order valence-electron chi connectivity index (χ1n) is 3.09. The van der Waals surface area contributed by atoms with Gasteiger partial charge in [-0.05, 0) is 13.0 Å². The molecule has 3 heteroatoms. The molecule has 0 N–H and O–H groups in total. The Morgan fingerprint density at radius 2 is 2.18 bits per heavy atom. The zero-order valence-corrected chi connectivity index (χ0v) is 6.68. The summed E-state index contributed by atoms with van der Waals surface area (Å²) < 4.78 is 0. The van der Waals surface area contributed by atoms with E-state index < -0.39 is 0 Å². The molecule has 58 valence electrons. The van der Waals surface area contributed by atoms with Crippen LogP contribution >= 0.6 is 11.6 Å². The summed E-state index contributed by atoms with van der Waals surface area (Å²) >= 11 is 5.49. The van der Waals surface area contributed by atoms with Crippen LogP contribution in [0.5, 0.6) is 5.75 Å². The van der Waals surface area contributed by atoms with Crippen molar-refractivity contribution >= 4 is 17.4 Å². The molecule has 1 rings (SSSR count). The minimum atomic E-state index is -0.253. The van der Waals surface area contributed by atoms with Gasteiger partial charge in [-0.15, -0.1) is 0 Å². The molecule has 11 heavy (non-hydrogen) atoms. The summed E-state index contributed by atoms with van der Waals surface area (Å²) in [6, 6.07) is 4.14. The highest BCUT2D eigenvalue weighted by Crippen LogP contribution is 2.20. The molecule has 1 aromatic rings. The predicted octanol–water partition coefficient (Wildman–Crippen LogP) is 1.62. The quantitative estimate of drug-likeness (QED) is 0.600. The molecule has 0 atom stereocenters. The van der Waals surface area contributed by atoms with E-state index in [0.29, 0.717) is 5.56 Å². The fourth-order valence-electron chi connectivity index (χ4n) is 0.720. The topological polar surface area (TPSA) is 40.1 Å². The molecule has 0 heterocycles.